The van der Waals surface area contributed by atoms with Crippen molar-refractivity contribution in [1.82, 2.24) is 5.32 Å². The van der Waals surface area contributed by atoms with Crippen molar-refractivity contribution in [2.24, 2.45) is 0 Å². The summed E-state index contributed by atoms with van der Waals surface area (Å²) in [6.45, 7) is 0.740. The van der Waals surface area contributed by atoms with Crippen LogP contribution in [0.15, 0.2) is 42.5 Å². The maximum atomic E-state index is 10.00. The number of hydrogen-bond donors (Lipinski definition) is 3. The van der Waals surface area contributed by atoms with Gasteiger partial charge in [-0.3, -0.25) is 0 Å². The van der Waals surface area contributed by atoms with E-state index < -0.39 is 6.10 Å². The molecule has 0 fully saturated rings. The second kappa shape index (κ2) is 6.95. The van der Waals surface area contributed by atoms with Gasteiger partial charge in [0.15, 0.2) is 0 Å². The van der Waals surface area contributed by atoms with Crippen LogP contribution < -0.4 is 5.32 Å². The lowest BCUT2D eigenvalue weighted by atomic mass is 10.1. The molecule has 2 aromatic rings. The number of phenols is 1. The molecule has 106 valence electrons. The number of aliphatic hydroxyl groups excluding tert-OH is 1. The van der Waals surface area contributed by atoms with Gasteiger partial charge in [0.05, 0.1) is 11.1 Å². The smallest absolute Gasteiger partial charge is 0.138 e. The third-order valence-corrected chi connectivity index (χ3v) is 3.45. The average Bonchev–Trinajstić information content (AvgIpc) is 2.44. The first kappa shape index (κ1) is 15.1. The summed E-state index contributed by atoms with van der Waals surface area (Å²) in [5.74, 6) is 0.0118. The molecule has 0 aliphatic rings. The van der Waals surface area contributed by atoms with Gasteiger partial charge in [0.25, 0.3) is 0 Å². The van der Waals surface area contributed by atoms with E-state index in [4.69, 9.17) is 23.2 Å². The standard InChI is InChI=1S/C15H15Cl2NO2/c16-12-6-11(15(20)13(17)7-12)8-18-9-14(19)10-4-2-1-3-5-10/h1-7,14,18-20H,8-9H2. The van der Waals surface area contributed by atoms with Crippen LogP contribution in [0.3, 0.4) is 0 Å². The SMILES string of the molecule is Oc1c(Cl)cc(Cl)cc1CNCC(O)c1ccccc1. The highest BCUT2D eigenvalue weighted by molar-refractivity contribution is 6.35. The van der Waals surface area contributed by atoms with Crippen molar-refractivity contribution in [3.63, 3.8) is 0 Å². The van der Waals surface area contributed by atoms with Crippen LogP contribution in [-0.4, -0.2) is 16.8 Å². The zero-order valence-electron chi connectivity index (χ0n) is 10.7. The largest absolute Gasteiger partial charge is 0.506 e. The van der Waals surface area contributed by atoms with Crippen LogP contribution in [0.5, 0.6) is 5.75 Å². The molecular formula is C15H15Cl2NO2. The van der Waals surface area contributed by atoms with Crippen LogP contribution in [0.1, 0.15) is 17.2 Å². The van der Waals surface area contributed by atoms with Gasteiger partial charge in [0, 0.05) is 23.7 Å². The topological polar surface area (TPSA) is 52.5 Å². The van der Waals surface area contributed by atoms with Gasteiger partial charge < -0.3 is 15.5 Å². The number of phenolic OH excluding ortho intramolecular Hbond substituents is 1. The number of benzene rings is 2. The molecule has 0 heterocycles. The number of hydrogen-bond acceptors (Lipinski definition) is 3. The Morgan fingerprint density at radius 2 is 1.80 bits per heavy atom. The Kier molecular flexibility index (Phi) is 5.26. The quantitative estimate of drug-likeness (QED) is 0.792. The predicted molar refractivity (Wildman–Crippen MR) is 81.2 cm³/mol. The van der Waals surface area contributed by atoms with Crippen LogP contribution in [-0.2, 0) is 6.54 Å². The fraction of sp³-hybridized carbons (Fsp3) is 0.200. The first-order valence-electron chi connectivity index (χ1n) is 6.18. The van der Waals surface area contributed by atoms with Gasteiger partial charge in [0.1, 0.15) is 5.75 Å². The molecule has 3 N–H and O–H groups in total. The summed E-state index contributed by atoms with van der Waals surface area (Å²) < 4.78 is 0. The molecule has 0 radical (unpaired) electrons. The Morgan fingerprint density at radius 3 is 2.50 bits per heavy atom. The van der Waals surface area contributed by atoms with E-state index in [1.807, 2.05) is 30.3 Å². The molecule has 5 heteroatoms. The first-order chi connectivity index (χ1) is 9.58. The van der Waals surface area contributed by atoms with E-state index >= 15 is 0 Å². The van der Waals surface area contributed by atoms with E-state index in [2.05, 4.69) is 5.32 Å². The summed E-state index contributed by atoms with van der Waals surface area (Å²) >= 11 is 11.7. The zero-order chi connectivity index (χ0) is 14.5. The van der Waals surface area contributed by atoms with Crippen LogP contribution in [0, 0.1) is 0 Å². The van der Waals surface area contributed by atoms with E-state index in [1.54, 1.807) is 6.07 Å². The van der Waals surface area contributed by atoms with Crippen LogP contribution in [0.25, 0.3) is 0 Å². The first-order valence-corrected chi connectivity index (χ1v) is 6.94. The minimum absolute atomic E-state index is 0.0118. The van der Waals surface area contributed by atoms with Crippen molar-refractivity contribution in [2.75, 3.05) is 6.54 Å². The summed E-state index contributed by atoms with van der Waals surface area (Å²) in [4.78, 5) is 0. The molecule has 20 heavy (non-hydrogen) atoms. The number of halogens is 2. The van der Waals surface area contributed by atoms with Gasteiger partial charge >= 0.3 is 0 Å². The molecule has 1 unspecified atom stereocenters. The molecule has 0 amide bonds. The molecule has 0 aliphatic carbocycles. The average molecular weight is 312 g/mol. The minimum atomic E-state index is -0.604. The third-order valence-electron chi connectivity index (χ3n) is 2.94. The lowest BCUT2D eigenvalue weighted by molar-refractivity contribution is 0.174. The Morgan fingerprint density at radius 1 is 1.10 bits per heavy atom. The van der Waals surface area contributed by atoms with Crippen molar-refractivity contribution in [3.8, 4) is 5.75 Å². The zero-order valence-corrected chi connectivity index (χ0v) is 12.2. The number of rotatable bonds is 5. The summed E-state index contributed by atoms with van der Waals surface area (Å²) in [5, 5.41) is 23.6. The highest BCUT2D eigenvalue weighted by Crippen LogP contribution is 2.31. The molecule has 0 spiro atoms. The van der Waals surface area contributed by atoms with E-state index in [0.717, 1.165) is 5.56 Å². The van der Waals surface area contributed by atoms with E-state index in [0.29, 0.717) is 23.7 Å². The van der Waals surface area contributed by atoms with E-state index in [9.17, 15) is 10.2 Å². The lowest BCUT2D eigenvalue weighted by Crippen LogP contribution is -2.21. The number of aliphatic hydroxyl groups is 1. The molecule has 2 aromatic carbocycles. The van der Waals surface area contributed by atoms with Gasteiger partial charge in [-0.2, -0.15) is 0 Å². The van der Waals surface area contributed by atoms with Crippen molar-refractivity contribution in [3.05, 3.63) is 63.6 Å². The third kappa shape index (κ3) is 3.87. The second-order valence-corrected chi connectivity index (χ2v) is 5.30. The highest BCUT2D eigenvalue weighted by Gasteiger charge is 2.10. The maximum Gasteiger partial charge on any atom is 0.138 e. The summed E-state index contributed by atoms with van der Waals surface area (Å²) in [6.07, 6.45) is -0.604. The fourth-order valence-corrected chi connectivity index (χ4v) is 2.43. The van der Waals surface area contributed by atoms with Crippen molar-refractivity contribution in [1.29, 1.82) is 0 Å². The molecular weight excluding hydrogens is 297 g/mol. The van der Waals surface area contributed by atoms with Crippen molar-refractivity contribution in [2.45, 2.75) is 12.6 Å². The summed E-state index contributed by atoms with van der Waals surface area (Å²) in [6, 6.07) is 12.5. The maximum absolute atomic E-state index is 10.00. The Hall–Kier alpha value is -1.26. The number of aromatic hydroxyl groups is 1. The fourth-order valence-electron chi connectivity index (χ4n) is 1.89. The minimum Gasteiger partial charge on any atom is -0.506 e. The predicted octanol–water partition coefficient (Wildman–Crippen LogP) is 3.52. The van der Waals surface area contributed by atoms with Crippen LogP contribution in [0.4, 0.5) is 0 Å². The van der Waals surface area contributed by atoms with Crippen molar-refractivity contribution >= 4 is 23.2 Å². The molecule has 2 rings (SSSR count). The summed E-state index contributed by atoms with van der Waals surface area (Å²) in [7, 11) is 0. The van der Waals surface area contributed by atoms with Gasteiger partial charge in [-0.15, -0.1) is 0 Å². The summed E-state index contributed by atoms with van der Waals surface area (Å²) in [5.41, 5.74) is 1.44. The highest BCUT2D eigenvalue weighted by atomic mass is 35.5. The Bertz CT molecular complexity index is 576. The van der Waals surface area contributed by atoms with Crippen LogP contribution in [0.2, 0.25) is 10.0 Å². The monoisotopic (exact) mass is 311 g/mol. The molecule has 3 nitrogen and oxygen atoms in total. The molecule has 1 atom stereocenters. The van der Waals surface area contributed by atoms with Gasteiger partial charge in [-0.25, -0.2) is 0 Å². The normalized spacial score (nSPS) is 12.3. The lowest BCUT2D eigenvalue weighted by Gasteiger charge is -2.13. The van der Waals surface area contributed by atoms with Gasteiger partial charge in [0.2, 0.25) is 0 Å². The molecule has 0 aliphatic heterocycles. The molecule has 0 aromatic heterocycles. The van der Waals surface area contributed by atoms with Gasteiger partial charge in [-0.1, -0.05) is 53.5 Å². The second-order valence-electron chi connectivity index (χ2n) is 4.45. The van der Waals surface area contributed by atoms with E-state index in [-0.39, 0.29) is 10.8 Å². The molecule has 0 saturated carbocycles. The van der Waals surface area contributed by atoms with Crippen LogP contribution >= 0.6 is 23.2 Å². The molecule has 0 bridgehead atoms. The van der Waals surface area contributed by atoms with E-state index in [1.165, 1.54) is 6.07 Å². The number of nitrogens with one attached hydrogen (secondary N) is 1. The van der Waals surface area contributed by atoms with Crippen molar-refractivity contribution < 1.29 is 10.2 Å². The Balaban J connectivity index is 1.93. The van der Waals surface area contributed by atoms with Gasteiger partial charge in [-0.05, 0) is 17.7 Å². The molecule has 0 saturated heterocycles. The Labute approximate surface area is 127 Å².